The maximum Gasteiger partial charge on any atom is 0.257 e. The number of rotatable bonds is 7. The summed E-state index contributed by atoms with van der Waals surface area (Å²) in [5, 5.41) is 6.21. The van der Waals surface area contributed by atoms with Gasteiger partial charge >= 0.3 is 0 Å². The van der Waals surface area contributed by atoms with Crippen molar-refractivity contribution in [3.05, 3.63) is 29.6 Å². The maximum absolute atomic E-state index is 12.0. The topological polar surface area (TPSA) is 85.6 Å². The van der Waals surface area contributed by atoms with E-state index in [-0.39, 0.29) is 11.7 Å². The fourth-order valence-corrected chi connectivity index (χ4v) is 4.25. The largest absolute Gasteiger partial charge is 0.496 e. The van der Waals surface area contributed by atoms with Crippen LogP contribution in [0.1, 0.15) is 19.8 Å². The van der Waals surface area contributed by atoms with E-state index in [9.17, 15) is 8.42 Å². The van der Waals surface area contributed by atoms with Crippen molar-refractivity contribution in [1.82, 2.24) is 14.6 Å². The third-order valence-electron chi connectivity index (χ3n) is 3.48. The molecule has 9 heteroatoms. The number of para-hydroxylation sites is 1. The SMILES string of the molecule is CCCCS(=O)(=O)Nc1nc2scc(-c3ccccc3OC)n2n1. The van der Waals surface area contributed by atoms with Crippen LogP contribution in [0.2, 0.25) is 0 Å². The van der Waals surface area contributed by atoms with E-state index in [1.807, 2.05) is 36.6 Å². The predicted octanol–water partition coefficient (Wildman–Crippen LogP) is 3.01. The number of nitrogens with zero attached hydrogens (tertiary/aromatic N) is 3. The lowest BCUT2D eigenvalue weighted by Crippen LogP contribution is -2.17. The van der Waals surface area contributed by atoms with Gasteiger partial charge in [0.1, 0.15) is 5.75 Å². The van der Waals surface area contributed by atoms with Gasteiger partial charge in [0.2, 0.25) is 15.0 Å². The summed E-state index contributed by atoms with van der Waals surface area (Å²) in [6.07, 6.45) is 1.41. The summed E-state index contributed by atoms with van der Waals surface area (Å²) in [6, 6.07) is 7.59. The Labute approximate surface area is 144 Å². The normalized spacial score (nSPS) is 11.8. The molecule has 3 aromatic rings. The van der Waals surface area contributed by atoms with Crippen LogP contribution in [-0.4, -0.2) is 35.9 Å². The molecule has 0 unspecified atom stereocenters. The zero-order valence-corrected chi connectivity index (χ0v) is 15.0. The number of fused-ring (bicyclic) bond motifs is 1. The second kappa shape index (κ2) is 6.78. The summed E-state index contributed by atoms with van der Waals surface area (Å²) >= 11 is 1.39. The second-order valence-corrected chi connectivity index (χ2v) is 7.90. The van der Waals surface area contributed by atoms with Crippen molar-refractivity contribution in [3.63, 3.8) is 0 Å². The molecular formula is C15H18N4O3S2. The number of aromatic nitrogens is 3. The smallest absolute Gasteiger partial charge is 0.257 e. The van der Waals surface area contributed by atoms with Gasteiger partial charge in [-0.2, -0.15) is 4.98 Å². The number of hydrogen-bond donors (Lipinski definition) is 1. The molecule has 1 aromatic carbocycles. The maximum atomic E-state index is 12.0. The van der Waals surface area contributed by atoms with Crippen LogP contribution >= 0.6 is 11.3 Å². The van der Waals surface area contributed by atoms with Gasteiger partial charge in [0.15, 0.2) is 0 Å². The van der Waals surface area contributed by atoms with Crippen molar-refractivity contribution in [2.45, 2.75) is 19.8 Å². The standard InChI is InChI=1S/C15H18N4O3S2/c1-3-4-9-24(20,21)18-14-16-15-19(17-14)12(10-23-15)11-7-5-6-8-13(11)22-2/h5-8,10H,3-4,9H2,1-2H3,(H,17,18). The summed E-state index contributed by atoms with van der Waals surface area (Å²) in [6.45, 7) is 1.94. The Morgan fingerprint density at radius 3 is 2.88 bits per heavy atom. The summed E-state index contributed by atoms with van der Waals surface area (Å²) < 4.78 is 33.4. The number of hydrogen-bond acceptors (Lipinski definition) is 6. The summed E-state index contributed by atoms with van der Waals surface area (Å²) in [5.74, 6) is 0.877. The first-order chi connectivity index (χ1) is 11.5. The van der Waals surface area contributed by atoms with Gasteiger partial charge in [-0.25, -0.2) is 17.7 Å². The van der Waals surface area contributed by atoms with Crippen molar-refractivity contribution in [1.29, 1.82) is 0 Å². The molecule has 0 aliphatic rings. The Bertz CT molecular complexity index is 947. The summed E-state index contributed by atoms with van der Waals surface area (Å²) in [4.78, 5) is 4.86. The minimum absolute atomic E-state index is 0.0652. The van der Waals surface area contributed by atoms with Crippen molar-refractivity contribution < 1.29 is 13.2 Å². The van der Waals surface area contributed by atoms with Crippen molar-refractivity contribution in [2.24, 2.45) is 0 Å². The average molecular weight is 366 g/mol. The first-order valence-electron chi connectivity index (χ1n) is 7.52. The number of methoxy groups -OCH3 is 1. The molecule has 128 valence electrons. The number of thiazole rings is 1. The van der Waals surface area contributed by atoms with Crippen molar-refractivity contribution >= 4 is 32.3 Å². The molecule has 0 saturated carbocycles. The highest BCUT2D eigenvalue weighted by Gasteiger charge is 2.17. The number of nitrogens with one attached hydrogen (secondary N) is 1. The van der Waals surface area contributed by atoms with Gasteiger partial charge in [-0.3, -0.25) is 0 Å². The Morgan fingerprint density at radius 1 is 1.33 bits per heavy atom. The predicted molar refractivity (Wildman–Crippen MR) is 95.2 cm³/mol. The van der Waals surface area contributed by atoms with Gasteiger partial charge in [-0.05, 0) is 18.6 Å². The molecule has 0 amide bonds. The van der Waals surface area contributed by atoms with Crippen LogP contribution in [-0.2, 0) is 10.0 Å². The van der Waals surface area contributed by atoms with Crippen LogP contribution in [0.25, 0.3) is 16.2 Å². The van der Waals surface area contributed by atoms with Gasteiger partial charge in [0, 0.05) is 10.9 Å². The number of ether oxygens (including phenoxy) is 1. The highest BCUT2D eigenvalue weighted by Crippen LogP contribution is 2.32. The molecular weight excluding hydrogens is 348 g/mol. The number of sulfonamides is 1. The fourth-order valence-electron chi connectivity index (χ4n) is 2.29. The lowest BCUT2D eigenvalue weighted by molar-refractivity contribution is 0.416. The minimum atomic E-state index is -3.42. The van der Waals surface area contributed by atoms with Crippen molar-refractivity contribution in [3.8, 4) is 17.0 Å². The number of anilines is 1. The monoisotopic (exact) mass is 366 g/mol. The Kier molecular flexibility index (Phi) is 4.72. The van der Waals surface area contributed by atoms with Crippen LogP contribution in [0.4, 0.5) is 5.95 Å². The van der Waals surface area contributed by atoms with Gasteiger partial charge in [-0.1, -0.05) is 25.5 Å². The number of benzene rings is 1. The number of unbranched alkanes of at least 4 members (excludes halogenated alkanes) is 1. The zero-order valence-electron chi connectivity index (χ0n) is 13.4. The average Bonchev–Trinajstić information content (AvgIpc) is 3.12. The third kappa shape index (κ3) is 3.36. The minimum Gasteiger partial charge on any atom is -0.496 e. The highest BCUT2D eigenvalue weighted by atomic mass is 32.2. The lowest BCUT2D eigenvalue weighted by atomic mass is 10.1. The Morgan fingerprint density at radius 2 is 2.12 bits per heavy atom. The quantitative estimate of drug-likeness (QED) is 0.695. The molecule has 0 fully saturated rings. The molecule has 1 N–H and O–H groups in total. The zero-order chi connectivity index (χ0) is 17.2. The van der Waals surface area contributed by atoms with E-state index in [0.29, 0.717) is 11.4 Å². The Balaban J connectivity index is 1.95. The molecule has 2 heterocycles. The van der Waals surface area contributed by atoms with Crippen LogP contribution in [0.3, 0.4) is 0 Å². The molecule has 3 rings (SSSR count). The van der Waals surface area contributed by atoms with E-state index in [0.717, 1.165) is 23.4 Å². The molecule has 0 bridgehead atoms. The molecule has 2 aromatic heterocycles. The molecule has 0 aliphatic heterocycles. The Hall–Kier alpha value is -2.13. The molecule has 0 spiro atoms. The molecule has 7 nitrogen and oxygen atoms in total. The van der Waals surface area contributed by atoms with Crippen LogP contribution < -0.4 is 9.46 Å². The van der Waals surface area contributed by atoms with E-state index in [2.05, 4.69) is 14.8 Å². The van der Waals surface area contributed by atoms with Gasteiger partial charge < -0.3 is 4.74 Å². The van der Waals surface area contributed by atoms with E-state index >= 15 is 0 Å². The molecule has 24 heavy (non-hydrogen) atoms. The lowest BCUT2D eigenvalue weighted by Gasteiger charge is -2.06. The van der Waals surface area contributed by atoms with Gasteiger partial charge in [0.25, 0.3) is 5.95 Å². The third-order valence-corrected chi connectivity index (χ3v) is 5.61. The second-order valence-electron chi connectivity index (χ2n) is 5.23. The fraction of sp³-hybridized carbons (Fsp3) is 0.333. The van der Waals surface area contributed by atoms with Crippen molar-refractivity contribution in [2.75, 3.05) is 17.6 Å². The van der Waals surface area contributed by atoms with Gasteiger partial charge in [-0.15, -0.1) is 16.4 Å². The van der Waals surface area contributed by atoms with Crippen LogP contribution in [0.15, 0.2) is 29.6 Å². The molecule has 0 aliphatic carbocycles. The molecule has 0 saturated heterocycles. The van der Waals surface area contributed by atoms with Crippen LogP contribution in [0.5, 0.6) is 5.75 Å². The first kappa shape index (κ1) is 16.7. The first-order valence-corrected chi connectivity index (χ1v) is 10.1. The van der Waals surface area contributed by atoms with E-state index in [4.69, 9.17) is 4.74 Å². The highest BCUT2D eigenvalue weighted by molar-refractivity contribution is 7.92. The van der Waals surface area contributed by atoms with Gasteiger partial charge in [0.05, 0.1) is 18.6 Å². The summed E-state index contributed by atoms with van der Waals surface area (Å²) in [7, 11) is -1.81. The van der Waals surface area contributed by atoms with E-state index in [1.165, 1.54) is 11.3 Å². The summed E-state index contributed by atoms with van der Waals surface area (Å²) in [5.41, 5.74) is 1.68. The van der Waals surface area contributed by atoms with E-state index < -0.39 is 10.0 Å². The molecule has 0 radical (unpaired) electrons. The van der Waals surface area contributed by atoms with Crippen LogP contribution in [0, 0.1) is 0 Å². The molecule has 0 atom stereocenters. The van der Waals surface area contributed by atoms with E-state index in [1.54, 1.807) is 11.6 Å².